The van der Waals surface area contributed by atoms with E-state index in [4.69, 9.17) is 17.4 Å². The van der Waals surface area contributed by atoms with Crippen LogP contribution in [0.4, 0.5) is 0 Å². The fourth-order valence-corrected chi connectivity index (χ4v) is 0.906. The van der Waals surface area contributed by atoms with Gasteiger partial charge in [-0.1, -0.05) is 25.5 Å². The van der Waals surface area contributed by atoms with E-state index in [0.717, 1.165) is 12.4 Å². The SMILES string of the molecule is COCCCCCC[S]. The molecule has 0 aliphatic heterocycles. The molecule has 0 saturated heterocycles. The lowest BCUT2D eigenvalue weighted by Gasteiger charge is -1.96. The standard InChI is InChI=1S/C7H15OS/c1-8-6-4-2-3-5-7-9/h2-7H2,1H3. The summed E-state index contributed by atoms with van der Waals surface area (Å²) in [6.45, 7) is 0.900. The molecule has 0 unspecified atom stereocenters. The van der Waals surface area contributed by atoms with Crippen LogP contribution in [0.3, 0.4) is 0 Å². The monoisotopic (exact) mass is 147 g/mol. The number of rotatable bonds is 6. The normalized spacial score (nSPS) is 10.0. The van der Waals surface area contributed by atoms with E-state index in [-0.39, 0.29) is 0 Å². The third-order valence-corrected chi connectivity index (χ3v) is 1.53. The minimum absolute atomic E-state index is 0.900. The molecule has 0 saturated carbocycles. The highest BCUT2D eigenvalue weighted by Gasteiger charge is 1.86. The quantitative estimate of drug-likeness (QED) is 0.524. The Hall–Kier alpha value is 0.310. The van der Waals surface area contributed by atoms with Crippen molar-refractivity contribution >= 4 is 12.6 Å². The number of methoxy groups -OCH3 is 1. The molecule has 0 aliphatic carbocycles. The van der Waals surface area contributed by atoms with Gasteiger partial charge in [-0.25, -0.2) is 0 Å². The second-order valence-electron chi connectivity index (χ2n) is 2.11. The minimum atomic E-state index is 0.900. The Balaban J connectivity index is 2.60. The molecule has 1 nitrogen and oxygen atoms in total. The molecule has 0 rings (SSSR count). The number of hydrogen-bond donors (Lipinski definition) is 0. The van der Waals surface area contributed by atoms with Crippen LogP contribution in [-0.2, 0) is 4.74 Å². The molecule has 0 heterocycles. The molecule has 0 aromatic rings. The summed E-state index contributed by atoms with van der Waals surface area (Å²) >= 11 is 4.80. The van der Waals surface area contributed by atoms with E-state index in [2.05, 4.69) is 0 Å². The van der Waals surface area contributed by atoms with Gasteiger partial charge in [-0.05, 0) is 12.8 Å². The van der Waals surface area contributed by atoms with Crippen LogP contribution in [0.15, 0.2) is 0 Å². The Morgan fingerprint density at radius 3 is 2.33 bits per heavy atom. The van der Waals surface area contributed by atoms with E-state index in [1.807, 2.05) is 0 Å². The topological polar surface area (TPSA) is 9.23 Å². The lowest BCUT2D eigenvalue weighted by Crippen LogP contribution is -1.87. The van der Waals surface area contributed by atoms with Gasteiger partial charge in [0.15, 0.2) is 0 Å². The van der Waals surface area contributed by atoms with E-state index in [1.54, 1.807) is 7.11 Å². The molecule has 0 atom stereocenters. The van der Waals surface area contributed by atoms with E-state index in [0.29, 0.717) is 0 Å². The molecule has 0 aromatic carbocycles. The Labute approximate surface area is 63.2 Å². The first-order valence-electron chi connectivity index (χ1n) is 3.49. The summed E-state index contributed by atoms with van der Waals surface area (Å²) in [4.78, 5) is 0. The molecular weight excluding hydrogens is 132 g/mol. The lowest BCUT2D eigenvalue weighted by molar-refractivity contribution is 0.192. The third kappa shape index (κ3) is 8.31. The average molecular weight is 147 g/mol. The summed E-state index contributed by atoms with van der Waals surface area (Å²) in [6, 6.07) is 0. The van der Waals surface area contributed by atoms with Crippen molar-refractivity contribution < 1.29 is 4.74 Å². The molecule has 0 aromatic heterocycles. The Bertz CT molecular complexity index is 42.2. The zero-order chi connectivity index (χ0) is 6.95. The van der Waals surface area contributed by atoms with Gasteiger partial charge in [0, 0.05) is 19.5 Å². The summed E-state index contributed by atoms with van der Waals surface area (Å²) in [6.07, 6.45) is 4.92. The smallest absolute Gasteiger partial charge is 0.0462 e. The first-order valence-corrected chi connectivity index (χ1v) is 4.06. The minimum Gasteiger partial charge on any atom is -0.385 e. The van der Waals surface area contributed by atoms with Gasteiger partial charge in [-0.3, -0.25) is 0 Å². The van der Waals surface area contributed by atoms with Crippen molar-refractivity contribution in [2.45, 2.75) is 25.7 Å². The van der Waals surface area contributed by atoms with E-state index >= 15 is 0 Å². The highest BCUT2D eigenvalue weighted by Crippen LogP contribution is 1.99. The molecule has 55 valence electrons. The number of hydrogen-bond acceptors (Lipinski definition) is 1. The highest BCUT2D eigenvalue weighted by atomic mass is 32.1. The fraction of sp³-hybridized carbons (Fsp3) is 1.00. The van der Waals surface area contributed by atoms with Crippen molar-refractivity contribution in [3.05, 3.63) is 0 Å². The van der Waals surface area contributed by atoms with Crippen molar-refractivity contribution in [3.8, 4) is 0 Å². The van der Waals surface area contributed by atoms with Crippen LogP contribution in [0.2, 0.25) is 0 Å². The molecular formula is C7H15OS. The van der Waals surface area contributed by atoms with Crippen molar-refractivity contribution in [1.82, 2.24) is 0 Å². The third-order valence-electron chi connectivity index (χ3n) is 1.24. The van der Waals surface area contributed by atoms with E-state index in [9.17, 15) is 0 Å². The Morgan fingerprint density at radius 2 is 1.78 bits per heavy atom. The molecule has 0 bridgehead atoms. The average Bonchev–Trinajstić information content (AvgIpc) is 1.89. The number of ether oxygens (including phenoxy) is 1. The maximum Gasteiger partial charge on any atom is 0.0462 e. The van der Waals surface area contributed by atoms with E-state index < -0.39 is 0 Å². The number of unbranched alkanes of at least 4 members (excludes halogenated alkanes) is 3. The van der Waals surface area contributed by atoms with Gasteiger partial charge in [0.1, 0.15) is 0 Å². The molecule has 0 aliphatic rings. The molecule has 0 spiro atoms. The largest absolute Gasteiger partial charge is 0.385 e. The highest BCUT2D eigenvalue weighted by molar-refractivity contribution is 7.80. The van der Waals surface area contributed by atoms with Crippen LogP contribution >= 0.6 is 12.6 Å². The summed E-state index contributed by atoms with van der Waals surface area (Å²) in [5.41, 5.74) is 0. The molecule has 2 heteroatoms. The van der Waals surface area contributed by atoms with Gasteiger partial charge in [0.25, 0.3) is 0 Å². The Kier molecular flexibility index (Phi) is 8.60. The van der Waals surface area contributed by atoms with Gasteiger partial charge in [0.05, 0.1) is 0 Å². The Morgan fingerprint density at radius 1 is 1.11 bits per heavy atom. The van der Waals surface area contributed by atoms with Crippen molar-refractivity contribution in [3.63, 3.8) is 0 Å². The second-order valence-corrected chi connectivity index (χ2v) is 2.52. The molecule has 0 fully saturated rings. The summed E-state index contributed by atoms with van der Waals surface area (Å²) in [5, 5.41) is 0. The van der Waals surface area contributed by atoms with Crippen molar-refractivity contribution in [1.29, 1.82) is 0 Å². The van der Waals surface area contributed by atoms with Crippen LogP contribution < -0.4 is 0 Å². The summed E-state index contributed by atoms with van der Waals surface area (Å²) in [5.74, 6) is 0.910. The van der Waals surface area contributed by atoms with Gasteiger partial charge in [-0.2, -0.15) is 0 Å². The van der Waals surface area contributed by atoms with Gasteiger partial charge in [0.2, 0.25) is 0 Å². The molecule has 0 N–H and O–H groups in total. The molecule has 0 amide bonds. The summed E-state index contributed by atoms with van der Waals surface area (Å²) < 4.78 is 4.90. The molecule has 1 radical (unpaired) electrons. The zero-order valence-corrected chi connectivity index (χ0v) is 6.88. The van der Waals surface area contributed by atoms with Crippen LogP contribution in [0.25, 0.3) is 0 Å². The predicted octanol–water partition coefficient (Wildman–Crippen LogP) is 2.39. The zero-order valence-electron chi connectivity index (χ0n) is 6.06. The maximum atomic E-state index is 4.90. The predicted molar refractivity (Wildman–Crippen MR) is 42.8 cm³/mol. The fourth-order valence-electron chi connectivity index (χ4n) is 0.702. The second kappa shape index (κ2) is 8.31. The van der Waals surface area contributed by atoms with Gasteiger partial charge < -0.3 is 4.74 Å². The van der Waals surface area contributed by atoms with Crippen LogP contribution in [0.5, 0.6) is 0 Å². The van der Waals surface area contributed by atoms with Crippen molar-refractivity contribution in [2.24, 2.45) is 0 Å². The van der Waals surface area contributed by atoms with Gasteiger partial charge >= 0.3 is 0 Å². The van der Waals surface area contributed by atoms with Crippen LogP contribution in [-0.4, -0.2) is 19.5 Å². The summed E-state index contributed by atoms with van der Waals surface area (Å²) in [7, 11) is 1.74. The van der Waals surface area contributed by atoms with Crippen LogP contribution in [0.1, 0.15) is 25.7 Å². The first kappa shape index (κ1) is 9.31. The van der Waals surface area contributed by atoms with E-state index in [1.165, 1.54) is 25.7 Å². The van der Waals surface area contributed by atoms with Crippen molar-refractivity contribution in [2.75, 3.05) is 19.5 Å². The first-order chi connectivity index (χ1) is 4.41. The lowest BCUT2D eigenvalue weighted by atomic mass is 10.2. The van der Waals surface area contributed by atoms with Gasteiger partial charge in [-0.15, -0.1) is 0 Å². The van der Waals surface area contributed by atoms with Crippen LogP contribution in [0, 0.1) is 0 Å². The maximum absolute atomic E-state index is 4.90. The molecule has 9 heavy (non-hydrogen) atoms.